The van der Waals surface area contributed by atoms with Crippen LogP contribution in [0.3, 0.4) is 0 Å². The normalized spacial score (nSPS) is 12.1. The zero-order chi connectivity index (χ0) is 11.9. The predicted octanol–water partition coefficient (Wildman–Crippen LogP) is 2.32. The summed E-state index contributed by atoms with van der Waals surface area (Å²) < 4.78 is 0. The number of nitrogens with one attached hydrogen (secondary N) is 1. The fourth-order valence-corrected chi connectivity index (χ4v) is 1.49. The summed E-state index contributed by atoms with van der Waals surface area (Å²) in [5.74, 6) is 1.91. The largest absolute Gasteiger partial charge is 0.363 e. The van der Waals surface area contributed by atoms with Gasteiger partial charge < -0.3 is 9.88 Å². The fraction of sp³-hybridized carbons (Fsp3) is 0.500. The SMILES string of the molecule is CN(C)c1ccc2[nH]c(C(C)(C)C)nc2n1. The van der Waals surface area contributed by atoms with Gasteiger partial charge in [-0.3, -0.25) is 0 Å². The summed E-state index contributed by atoms with van der Waals surface area (Å²) >= 11 is 0. The van der Waals surface area contributed by atoms with Crippen LogP contribution in [-0.4, -0.2) is 29.0 Å². The molecule has 16 heavy (non-hydrogen) atoms. The van der Waals surface area contributed by atoms with Crippen molar-refractivity contribution in [2.45, 2.75) is 26.2 Å². The summed E-state index contributed by atoms with van der Waals surface area (Å²) in [6.45, 7) is 6.41. The van der Waals surface area contributed by atoms with Gasteiger partial charge in [-0.1, -0.05) is 20.8 Å². The van der Waals surface area contributed by atoms with Crippen molar-refractivity contribution in [2.24, 2.45) is 0 Å². The molecule has 0 aliphatic carbocycles. The summed E-state index contributed by atoms with van der Waals surface area (Å²) in [4.78, 5) is 14.3. The van der Waals surface area contributed by atoms with Gasteiger partial charge in [0.05, 0.1) is 5.52 Å². The van der Waals surface area contributed by atoms with E-state index in [2.05, 4.69) is 35.7 Å². The molecule has 0 aliphatic rings. The van der Waals surface area contributed by atoms with Gasteiger partial charge in [-0.15, -0.1) is 0 Å². The lowest BCUT2D eigenvalue weighted by Gasteiger charge is -2.13. The van der Waals surface area contributed by atoms with Crippen molar-refractivity contribution in [3.63, 3.8) is 0 Å². The first-order chi connectivity index (χ1) is 7.38. The van der Waals surface area contributed by atoms with Crippen molar-refractivity contribution >= 4 is 17.0 Å². The molecule has 0 saturated carbocycles. The zero-order valence-corrected chi connectivity index (χ0v) is 10.5. The van der Waals surface area contributed by atoms with Gasteiger partial charge in [0.15, 0.2) is 5.65 Å². The predicted molar refractivity (Wildman–Crippen MR) is 66.9 cm³/mol. The van der Waals surface area contributed by atoms with Gasteiger partial charge in [-0.25, -0.2) is 9.97 Å². The number of aromatic nitrogens is 3. The minimum atomic E-state index is 0.0268. The number of hydrogen-bond acceptors (Lipinski definition) is 3. The molecule has 0 radical (unpaired) electrons. The van der Waals surface area contributed by atoms with E-state index < -0.39 is 0 Å². The molecule has 2 heterocycles. The molecule has 0 atom stereocenters. The summed E-state index contributed by atoms with van der Waals surface area (Å²) in [6.07, 6.45) is 0. The van der Waals surface area contributed by atoms with Gasteiger partial charge in [-0.05, 0) is 12.1 Å². The third-order valence-electron chi connectivity index (χ3n) is 2.50. The summed E-state index contributed by atoms with van der Waals surface area (Å²) in [5, 5.41) is 0. The van der Waals surface area contributed by atoms with Gasteiger partial charge in [0.1, 0.15) is 11.6 Å². The van der Waals surface area contributed by atoms with Crippen LogP contribution in [0.25, 0.3) is 11.2 Å². The summed E-state index contributed by atoms with van der Waals surface area (Å²) in [6, 6.07) is 4.02. The minimum Gasteiger partial charge on any atom is -0.363 e. The monoisotopic (exact) mass is 218 g/mol. The number of fused-ring (bicyclic) bond motifs is 1. The third kappa shape index (κ3) is 1.87. The number of H-pyrrole nitrogens is 1. The number of rotatable bonds is 1. The molecule has 2 aromatic heterocycles. The second-order valence-electron chi connectivity index (χ2n) is 5.27. The Hall–Kier alpha value is -1.58. The van der Waals surface area contributed by atoms with Crippen molar-refractivity contribution in [3.8, 4) is 0 Å². The smallest absolute Gasteiger partial charge is 0.179 e. The first-order valence-electron chi connectivity index (χ1n) is 5.42. The molecule has 0 saturated heterocycles. The molecule has 0 unspecified atom stereocenters. The summed E-state index contributed by atoms with van der Waals surface area (Å²) in [5.41, 5.74) is 1.81. The van der Waals surface area contributed by atoms with Crippen LogP contribution in [0.15, 0.2) is 12.1 Å². The maximum Gasteiger partial charge on any atom is 0.179 e. The second-order valence-corrected chi connectivity index (χ2v) is 5.27. The lowest BCUT2D eigenvalue weighted by molar-refractivity contribution is 0.554. The highest BCUT2D eigenvalue weighted by atomic mass is 15.1. The molecule has 0 amide bonds. The minimum absolute atomic E-state index is 0.0268. The van der Waals surface area contributed by atoms with E-state index in [1.165, 1.54) is 0 Å². The van der Waals surface area contributed by atoms with Gasteiger partial charge in [0.2, 0.25) is 0 Å². The van der Waals surface area contributed by atoms with Crippen molar-refractivity contribution in [1.29, 1.82) is 0 Å². The lowest BCUT2D eigenvalue weighted by atomic mass is 9.96. The standard InChI is InChI=1S/C12H18N4/c1-12(2,3)11-13-8-6-7-9(16(4)5)14-10(8)15-11/h6-7H,1-5H3,(H,13,14,15). The Morgan fingerprint density at radius 1 is 1.12 bits per heavy atom. The van der Waals surface area contributed by atoms with Crippen LogP contribution in [-0.2, 0) is 5.41 Å². The van der Waals surface area contributed by atoms with E-state index in [1.807, 2.05) is 31.1 Å². The molecule has 0 spiro atoms. The number of nitrogens with zero attached hydrogens (tertiary/aromatic N) is 3. The molecule has 0 aliphatic heterocycles. The van der Waals surface area contributed by atoms with Gasteiger partial charge in [0, 0.05) is 19.5 Å². The quantitative estimate of drug-likeness (QED) is 0.799. The molecule has 2 aromatic rings. The molecular weight excluding hydrogens is 200 g/mol. The Balaban J connectivity index is 2.54. The Kier molecular flexibility index (Phi) is 2.37. The fourth-order valence-electron chi connectivity index (χ4n) is 1.49. The van der Waals surface area contributed by atoms with E-state index in [0.29, 0.717) is 0 Å². The molecule has 4 nitrogen and oxygen atoms in total. The van der Waals surface area contributed by atoms with E-state index in [4.69, 9.17) is 0 Å². The van der Waals surface area contributed by atoms with E-state index in [0.717, 1.165) is 22.8 Å². The first-order valence-corrected chi connectivity index (χ1v) is 5.42. The lowest BCUT2D eigenvalue weighted by Crippen LogP contribution is -2.13. The zero-order valence-electron chi connectivity index (χ0n) is 10.5. The molecule has 0 fully saturated rings. The van der Waals surface area contributed by atoms with E-state index in [-0.39, 0.29) is 5.41 Å². The molecule has 0 bridgehead atoms. The van der Waals surface area contributed by atoms with Crippen LogP contribution in [0.2, 0.25) is 0 Å². The van der Waals surface area contributed by atoms with Crippen LogP contribution in [0.1, 0.15) is 26.6 Å². The van der Waals surface area contributed by atoms with Gasteiger partial charge in [-0.2, -0.15) is 0 Å². The molecule has 2 rings (SSSR count). The van der Waals surface area contributed by atoms with Gasteiger partial charge >= 0.3 is 0 Å². The molecular formula is C12H18N4. The van der Waals surface area contributed by atoms with Crippen LogP contribution in [0.5, 0.6) is 0 Å². The number of pyridine rings is 1. The Labute approximate surface area is 95.7 Å². The molecule has 1 N–H and O–H groups in total. The average molecular weight is 218 g/mol. The summed E-state index contributed by atoms with van der Waals surface area (Å²) in [7, 11) is 3.96. The number of aromatic amines is 1. The Bertz CT molecular complexity index is 505. The van der Waals surface area contributed by atoms with Crippen LogP contribution in [0.4, 0.5) is 5.82 Å². The third-order valence-corrected chi connectivity index (χ3v) is 2.50. The van der Waals surface area contributed by atoms with Crippen molar-refractivity contribution in [2.75, 3.05) is 19.0 Å². The number of imidazole rings is 1. The Morgan fingerprint density at radius 3 is 2.38 bits per heavy atom. The van der Waals surface area contributed by atoms with E-state index in [9.17, 15) is 0 Å². The van der Waals surface area contributed by atoms with E-state index >= 15 is 0 Å². The van der Waals surface area contributed by atoms with Crippen molar-refractivity contribution in [1.82, 2.24) is 15.0 Å². The maximum absolute atomic E-state index is 4.53. The second kappa shape index (κ2) is 3.47. The van der Waals surface area contributed by atoms with E-state index in [1.54, 1.807) is 0 Å². The highest BCUT2D eigenvalue weighted by Crippen LogP contribution is 2.22. The Morgan fingerprint density at radius 2 is 1.81 bits per heavy atom. The maximum atomic E-state index is 4.53. The molecule has 86 valence electrons. The number of anilines is 1. The van der Waals surface area contributed by atoms with Crippen molar-refractivity contribution in [3.05, 3.63) is 18.0 Å². The average Bonchev–Trinajstić information content (AvgIpc) is 2.58. The highest BCUT2D eigenvalue weighted by Gasteiger charge is 2.18. The molecule has 0 aromatic carbocycles. The first kappa shape index (κ1) is 10.9. The van der Waals surface area contributed by atoms with Crippen LogP contribution < -0.4 is 4.90 Å². The van der Waals surface area contributed by atoms with Crippen LogP contribution in [0, 0.1) is 0 Å². The number of hydrogen-bond donors (Lipinski definition) is 1. The topological polar surface area (TPSA) is 44.8 Å². The van der Waals surface area contributed by atoms with Crippen molar-refractivity contribution < 1.29 is 0 Å². The molecule has 4 heteroatoms. The highest BCUT2D eigenvalue weighted by molar-refractivity contribution is 5.73. The van der Waals surface area contributed by atoms with Crippen LogP contribution >= 0.6 is 0 Å². The van der Waals surface area contributed by atoms with Gasteiger partial charge in [0.25, 0.3) is 0 Å².